The molecule has 0 atom stereocenters. The number of ether oxygens (including phenoxy) is 1. The molecule has 0 aliphatic heterocycles. The van der Waals surface area contributed by atoms with Crippen molar-refractivity contribution in [1.82, 2.24) is 0 Å². The lowest BCUT2D eigenvalue weighted by molar-refractivity contribution is -0.143. The summed E-state index contributed by atoms with van der Waals surface area (Å²) in [7, 11) is 0. The molecule has 0 heterocycles. The number of esters is 1. The Bertz CT molecular complexity index is 264. The van der Waals surface area contributed by atoms with Crippen LogP contribution in [0.3, 0.4) is 0 Å². The highest BCUT2D eigenvalue weighted by Gasteiger charge is 2.00. The minimum absolute atomic E-state index is 0.0801. The fourth-order valence-corrected chi connectivity index (χ4v) is 2.49. The first kappa shape index (κ1) is 21.6. The molecule has 0 saturated carbocycles. The van der Waals surface area contributed by atoms with Gasteiger partial charge in [-0.3, -0.25) is 4.79 Å². The van der Waals surface area contributed by atoms with Crippen molar-refractivity contribution in [3.8, 4) is 0 Å². The first-order valence-corrected chi connectivity index (χ1v) is 9.86. The molecule has 3 heteroatoms. The molecule has 0 rings (SSSR count). The number of thiol groups is 1. The Balaban J connectivity index is 3.16. The first-order valence-electron chi connectivity index (χ1n) is 9.22. The summed E-state index contributed by atoms with van der Waals surface area (Å²) in [6.07, 6.45) is 20.4. The van der Waals surface area contributed by atoms with Gasteiger partial charge in [-0.15, -0.1) is 0 Å². The van der Waals surface area contributed by atoms with E-state index in [0.29, 0.717) is 18.8 Å². The molecule has 0 aromatic rings. The highest BCUT2D eigenvalue weighted by molar-refractivity contribution is 7.80. The van der Waals surface area contributed by atoms with E-state index in [9.17, 15) is 4.79 Å². The second-order valence-electron chi connectivity index (χ2n) is 5.92. The van der Waals surface area contributed by atoms with Crippen molar-refractivity contribution < 1.29 is 9.53 Å². The van der Waals surface area contributed by atoms with E-state index in [0.717, 1.165) is 19.3 Å². The van der Waals surface area contributed by atoms with E-state index in [1.807, 2.05) is 0 Å². The van der Waals surface area contributed by atoms with Gasteiger partial charge in [0.2, 0.25) is 0 Å². The Morgan fingerprint density at radius 3 is 2.00 bits per heavy atom. The lowest BCUT2D eigenvalue weighted by Crippen LogP contribution is -2.06. The van der Waals surface area contributed by atoms with Crippen LogP contribution in [0.25, 0.3) is 0 Å². The van der Waals surface area contributed by atoms with E-state index in [1.165, 1.54) is 57.8 Å². The molecule has 0 radical (unpaired) electrons. The molecule has 2 nitrogen and oxygen atoms in total. The highest BCUT2D eigenvalue weighted by Crippen LogP contribution is 2.09. The van der Waals surface area contributed by atoms with Gasteiger partial charge in [-0.25, -0.2) is 0 Å². The van der Waals surface area contributed by atoms with Gasteiger partial charge in [0.15, 0.2) is 0 Å². The van der Waals surface area contributed by atoms with Crippen molar-refractivity contribution in [2.75, 3.05) is 12.4 Å². The van der Waals surface area contributed by atoms with Crippen molar-refractivity contribution in [2.45, 2.75) is 90.4 Å². The standard InChI is InChI=1S/C19H36O2S/c1-2-3-4-5-6-7-8-9-10-11-12-13-14-15-16-19(20)21-17-18-22/h10-11,22H,2-9,12-18H2,1H3/b11-10+. The maximum atomic E-state index is 11.3. The molecule has 0 aliphatic rings. The summed E-state index contributed by atoms with van der Waals surface area (Å²) < 4.78 is 4.98. The van der Waals surface area contributed by atoms with Gasteiger partial charge in [-0.1, -0.05) is 64.0 Å². The van der Waals surface area contributed by atoms with Gasteiger partial charge in [0.05, 0.1) is 0 Å². The maximum absolute atomic E-state index is 11.3. The number of hydrogen-bond acceptors (Lipinski definition) is 3. The first-order chi connectivity index (χ1) is 10.8. The Labute approximate surface area is 143 Å². The molecule has 0 spiro atoms. The van der Waals surface area contributed by atoms with E-state index in [4.69, 9.17) is 4.74 Å². The van der Waals surface area contributed by atoms with Crippen LogP contribution in [-0.4, -0.2) is 18.3 Å². The smallest absolute Gasteiger partial charge is 0.305 e. The molecule has 0 N–H and O–H groups in total. The van der Waals surface area contributed by atoms with E-state index in [-0.39, 0.29) is 5.97 Å². The van der Waals surface area contributed by atoms with Crippen LogP contribution < -0.4 is 0 Å². The van der Waals surface area contributed by atoms with Gasteiger partial charge in [0, 0.05) is 12.2 Å². The van der Waals surface area contributed by atoms with Crippen LogP contribution in [0.2, 0.25) is 0 Å². The van der Waals surface area contributed by atoms with E-state index >= 15 is 0 Å². The van der Waals surface area contributed by atoms with Crippen LogP contribution in [0.4, 0.5) is 0 Å². The zero-order chi connectivity index (χ0) is 16.3. The lowest BCUT2D eigenvalue weighted by Gasteiger charge is -2.02. The second-order valence-corrected chi connectivity index (χ2v) is 6.37. The maximum Gasteiger partial charge on any atom is 0.305 e. The minimum Gasteiger partial charge on any atom is -0.465 e. The fourth-order valence-electron chi connectivity index (χ4n) is 2.39. The number of hydrogen-bond donors (Lipinski definition) is 1. The van der Waals surface area contributed by atoms with Crippen molar-refractivity contribution >= 4 is 18.6 Å². The van der Waals surface area contributed by atoms with Gasteiger partial charge in [-0.2, -0.15) is 12.6 Å². The lowest BCUT2D eigenvalue weighted by atomic mass is 10.1. The SMILES string of the molecule is CCCCCCCCC/C=C/CCCCCC(=O)OCCS. The summed E-state index contributed by atoms with van der Waals surface area (Å²) in [5.74, 6) is 0.526. The number of rotatable bonds is 16. The highest BCUT2D eigenvalue weighted by atomic mass is 32.1. The molecule has 22 heavy (non-hydrogen) atoms. The van der Waals surface area contributed by atoms with Crippen LogP contribution in [-0.2, 0) is 9.53 Å². The van der Waals surface area contributed by atoms with Crippen molar-refractivity contribution in [1.29, 1.82) is 0 Å². The molecule has 0 aliphatic carbocycles. The molecular weight excluding hydrogens is 292 g/mol. The van der Waals surface area contributed by atoms with Crippen molar-refractivity contribution in [3.05, 3.63) is 12.2 Å². The van der Waals surface area contributed by atoms with Crippen molar-refractivity contribution in [3.63, 3.8) is 0 Å². The molecule has 0 bridgehead atoms. The van der Waals surface area contributed by atoms with Gasteiger partial charge >= 0.3 is 5.97 Å². The normalized spacial score (nSPS) is 11.2. The van der Waals surface area contributed by atoms with Crippen LogP contribution in [0.1, 0.15) is 90.4 Å². The second kappa shape index (κ2) is 18.6. The van der Waals surface area contributed by atoms with Crippen LogP contribution in [0.5, 0.6) is 0 Å². The molecular formula is C19H36O2S. The molecule has 0 unspecified atom stereocenters. The van der Waals surface area contributed by atoms with Gasteiger partial charge in [0.25, 0.3) is 0 Å². The van der Waals surface area contributed by atoms with Gasteiger partial charge < -0.3 is 4.74 Å². The summed E-state index contributed by atoms with van der Waals surface area (Å²) in [5.41, 5.74) is 0. The van der Waals surface area contributed by atoms with Gasteiger partial charge in [-0.05, 0) is 32.1 Å². The largest absolute Gasteiger partial charge is 0.465 e. The van der Waals surface area contributed by atoms with E-state index in [2.05, 4.69) is 31.7 Å². The summed E-state index contributed by atoms with van der Waals surface area (Å²) in [6.45, 7) is 2.70. The number of carbonyl (C=O) groups is 1. The van der Waals surface area contributed by atoms with Crippen LogP contribution in [0, 0.1) is 0 Å². The topological polar surface area (TPSA) is 26.3 Å². The van der Waals surface area contributed by atoms with E-state index < -0.39 is 0 Å². The Kier molecular flexibility index (Phi) is 18.2. The predicted molar refractivity (Wildman–Crippen MR) is 99.6 cm³/mol. The average Bonchev–Trinajstić information content (AvgIpc) is 2.53. The molecule has 0 saturated heterocycles. The third-order valence-electron chi connectivity index (χ3n) is 3.75. The predicted octanol–water partition coefficient (Wildman–Crippen LogP) is 6.11. The molecule has 0 aromatic carbocycles. The van der Waals surface area contributed by atoms with Crippen LogP contribution >= 0.6 is 12.6 Å². The molecule has 0 aromatic heterocycles. The Morgan fingerprint density at radius 1 is 0.864 bits per heavy atom. The van der Waals surface area contributed by atoms with E-state index in [1.54, 1.807) is 0 Å². The zero-order valence-corrected chi connectivity index (χ0v) is 15.4. The summed E-state index contributed by atoms with van der Waals surface area (Å²) in [6, 6.07) is 0. The number of carbonyl (C=O) groups excluding carboxylic acids is 1. The molecule has 0 amide bonds. The third-order valence-corrected chi connectivity index (χ3v) is 3.93. The minimum atomic E-state index is -0.0801. The number of unbranched alkanes of at least 4 members (excludes halogenated alkanes) is 10. The summed E-state index contributed by atoms with van der Waals surface area (Å²) in [4.78, 5) is 11.3. The molecule has 0 fully saturated rings. The average molecular weight is 329 g/mol. The summed E-state index contributed by atoms with van der Waals surface area (Å²) in [5, 5.41) is 0. The zero-order valence-electron chi connectivity index (χ0n) is 14.5. The van der Waals surface area contributed by atoms with Crippen LogP contribution in [0.15, 0.2) is 12.2 Å². The van der Waals surface area contributed by atoms with Crippen molar-refractivity contribution in [2.24, 2.45) is 0 Å². The fraction of sp³-hybridized carbons (Fsp3) is 0.842. The van der Waals surface area contributed by atoms with Gasteiger partial charge in [0.1, 0.15) is 6.61 Å². The monoisotopic (exact) mass is 328 g/mol. The quantitative estimate of drug-likeness (QED) is 0.160. The Morgan fingerprint density at radius 2 is 1.41 bits per heavy atom. The Hall–Kier alpha value is -0.440. The third kappa shape index (κ3) is 17.6. The summed E-state index contributed by atoms with van der Waals surface area (Å²) >= 11 is 4.01. The molecule has 130 valence electrons. The number of allylic oxidation sites excluding steroid dienone is 2.